The number of fused-ring (bicyclic) bond motifs is 1. The molecule has 0 spiro atoms. The van der Waals surface area contributed by atoms with E-state index in [4.69, 9.17) is 9.15 Å². The Morgan fingerprint density at radius 3 is 2.49 bits per heavy atom. The molecule has 2 N–H and O–H groups in total. The lowest BCUT2D eigenvalue weighted by Gasteiger charge is -2.30. The lowest BCUT2D eigenvalue weighted by atomic mass is 9.88. The van der Waals surface area contributed by atoms with Gasteiger partial charge in [0.15, 0.2) is 0 Å². The second kappa shape index (κ2) is 10.3. The van der Waals surface area contributed by atoms with Gasteiger partial charge in [0.2, 0.25) is 15.9 Å². The molecule has 202 valence electrons. The van der Waals surface area contributed by atoms with Gasteiger partial charge in [0.05, 0.1) is 23.2 Å². The van der Waals surface area contributed by atoms with E-state index in [9.17, 15) is 18.3 Å². The molecule has 9 heteroatoms. The molecule has 2 atom stereocenters. The number of benzene rings is 3. The number of sulfonamides is 1. The standard InChI is InChI=1S/C30H30N2O6S/c1-30(2,3)39(35,36)32-28(34)24-12-8-7-11-23(24)20-13-14-25-26(16-20)37-17-21(27(25)33)15-22-18-38-29(31-22)19-9-5-4-6-10-19/h4-14,16,18,21,27,33H,15,17H2,1-3H3,(H,32,34)/t21-,27+/m1/s1. The number of nitrogens with one attached hydrogen (secondary N) is 1. The Balaban J connectivity index is 1.35. The van der Waals surface area contributed by atoms with Crippen molar-refractivity contribution < 1.29 is 27.5 Å². The van der Waals surface area contributed by atoms with Crippen molar-refractivity contribution in [2.24, 2.45) is 5.92 Å². The van der Waals surface area contributed by atoms with Gasteiger partial charge in [-0.05, 0) is 56.2 Å². The van der Waals surface area contributed by atoms with Gasteiger partial charge in [0.1, 0.15) is 12.0 Å². The summed E-state index contributed by atoms with van der Waals surface area (Å²) in [5.74, 6) is 0.109. The molecule has 2 heterocycles. The summed E-state index contributed by atoms with van der Waals surface area (Å²) in [6.45, 7) is 4.85. The summed E-state index contributed by atoms with van der Waals surface area (Å²) >= 11 is 0. The molecule has 39 heavy (non-hydrogen) atoms. The van der Waals surface area contributed by atoms with Gasteiger partial charge < -0.3 is 14.3 Å². The van der Waals surface area contributed by atoms with Crippen LogP contribution in [0.15, 0.2) is 83.5 Å². The van der Waals surface area contributed by atoms with Gasteiger partial charge in [-0.1, -0.05) is 48.5 Å². The lowest BCUT2D eigenvalue weighted by molar-refractivity contribution is 0.0503. The van der Waals surface area contributed by atoms with E-state index in [1.807, 2.05) is 30.3 Å². The molecule has 8 nitrogen and oxygen atoms in total. The Morgan fingerprint density at radius 1 is 1.03 bits per heavy atom. The molecule has 3 aromatic carbocycles. The van der Waals surface area contributed by atoms with E-state index in [1.54, 1.807) is 48.7 Å². The molecular formula is C30H30N2O6S. The zero-order valence-corrected chi connectivity index (χ0v) is 22.7. The first-order valence-electron chi connectivity index (χ1n) is 12.6. The Hall–Kier alpha value is -3.95. The van der Waals surface area contributed by atoms with Crippen LogP contribution in [0.4, 0.5) is 0 Å². The first kappa shape index (κ1) is 26.6. The predicted molar refractivity (Wildman–Crippen MR) is 148 cm³/mol. The fourth-order valence-corrected chi connectivity index (χ4v) is 5.09. The first-order valence-corrected chi connectivity index (χ1v) is 14.1. The summed E-state index contributed by atoms with van der Waals surface area (Å²) in [6, 6.07) is 21.7. The van der Waals surface area contributed by atoms with Crippen LogP contribution in [-0.2, 0) is 16.4 Å². The van der Waals surface area contributed by atoms with Crippen molar-refractivity contribution in [2.45, 2.75) is 38.0 Å². The number of hydrogen-bond donors (Lipinski definition) is 2. The fourth-order valence-electron chi connectivity index (χ4n) is 4.43. The number of hydrogen-bond acceptors (Lipinski definition) is 7. The van der Waals surface area contributed by atoms with Gasteiger partial charge >= 0.3 is 0 Å². The number of aromatic nitrogens is 1. The van der Waals surface area contributed by atoms with Gasteiger partial charge in [-0.25, -0.2) is 18.1 Å². The van der Waals surface area contributed by atoms with Crippen molar-refractivity contribution in [3.63, 3.8) is 0 Å². The molecule has 1 aliphatic heterocycles. The van der Waals surface area contributed by atoms with E-state index in [1.165, 1.54) is 20.8 Å². The highest BCUT2D eigenvalue weighted by atomic mass is 32.2. The highest BCUT2D eigenvalue weighted by Gasteiger charge is 2.33. The van der Waals surface area contributed by atoms with Gasteiger partial charge in [-0.3, -0.25) is 4.79 Å². The van der Waals surface area contributed by atoms with E-state index in [-0.39, 0.29) is 18.1 Å². The summed E-state index contributed by atoms with van der Waals surface area (Å²) in [6.07, 6.45) is 1.30. The summed E-state index contributed by atoms with van der Waals surface area (Å²) in [7, 11) is -3.88. The van der Waals surface area contributed by atoms with Crippen molar-refractivity contribution in [3.8, 4) is 28.3 Å². The number of aliphatic hydroxyl groups is 1. The highest BCUT2D eigenvalue weighted by Crippen LogP contribution is 2.40. The van der Waals surface area contributed by atoms with Crippen molar-refractivity contribution in [3.05, 3.63) is 95.9 Å². The van der Waals surface area contributed by atoms with E-state index in [0.717, 1.165) is 11.3 Å². The first-order chi connectivity index (χ1) is 18.5. The number of carbonyl (C=O) groups is 1. The maximum absolute atomic E-state index is 13.0. The smallest absolute Gasteiger partial charge is 0.265 e. The average molecular weight is 547 g/mol. The van der Waals surface area contributed by atoms with Crippen LogP contribution in [0.5, 0.6) is 5.75 Å². The number of rotatable bonds is 6. The zero-order chi connectivity index (χ0) is 27.8. The van der Waals surface area contributed by atoms with Crippen LogP contribution in [0.3, 0.4) is 0 Å². The van der Waals surface area contributed by atoms with E-state index < -0.39 is 26.8 Å². The van der Waals surface area contributed by atoms with Crippen LogP contribution in [-0.4, -0.2) is 35.8 Å². The van der Waals surface area contributed by atoms with Gasteiger partial charge in [-0.2, -0.15) is 0 Å². The third kappa shape index (κ3) is 5.46. The molecule has 0 radical (unpaired) electrons. The molecule has 0 saturated heterocycles. The molecule has 4 aromatic rings. The molecule has 0 saturated carbocycles. The molecule has 1 aromatic heterocycles. The quantitative estimate of drug-likeness (QED) is 0.343. The zero-order valence-electron chi connectivity index (χ0n) is 21.9. The second-order valence-corrected chi connectivity index (χ2v) is 13.0. The number of amides is 1. The summed E-state index contributed by atoms with van der Waals surface area (Å²) in [4.78, 5) is 17.5. The Bertz CT molecular complexity index is 1610. The van der Waals surface area contributed by atoms with E-state index in [0.29, 0.717) is 34.8 Å². The van der Waals surface area contributed by atoms with Crippen LogP contribution in [0, 0.1) is 5.92 Å². The summed E-state index contributed by atoms with van der Waals surface area (Å²) in [5, 5.41) is 11.1. The molecule has 5 rings (SSSR count). The average Bonchev–Trinajstić information content (AvgIpc) is 3.38. The Labute approximate surface area is 227 Å². The lowest BCUT2D eigenvalue weighted by Crippen LogP contribution is -2.42. The van der Waals surface area contributed by atoms with Gasteiger partial charge in [-0.15, -0.1) is 0 Å². The molecule has 0 fully saturated rings. The van der Waals surface area contributed by atoms with Crippen LogP contribution < -0.4 is 9.46 Å². The van der Waals surface area contributed by atoms with Crippen LogP contribution in [0.1, 0.15) is 48.5 Å². The highest BCUT2D eigenvalue weighted by molar-refractivity contribution is 7.91. The number of carbonyl (C=O) groups excluding carboxylic acids is 1. The maximum atomic E-state index is 13.0. The predicted octanol–water partition coefficient (Wildman–Crippen LogP) is 5.15. The summed E-state index contributed by atoms with van der Waals surface area (Å²) < 4.78 is 37.8. The van der Waals surface area contributed by atoms with Crippen molar-refractivity contribution >= 4 is 15.9 Å². The fraction of sp³-hybridized carbons (Fsp3) is 0.267. The van der Waals surface area contributed by atoms with E-state index in [2.05, 4.69) is 9.71 Å². The van der Waals surface area contributed by atoms with Crippen LogP contribution >= 0.6 is 0 Å². The Kier molecular flexibility index (Phi) is 7.05. The monoisotopic (exact) mass is 546 g/mol. The minimum absolute atomic E-state index is 0.222. The SMILES string of the molecule is CC(C)(C)S(=O)(=O)NC(=O)c1ccccc1-c1ccc2c(c1)OC[C@@H](Cc1coc(-c3ccccc3)n1)[C@@H]2O. The molecule has 0 bridgehead atoms. The largest absolute Gasteiger partial charge is 0.493 e. The Morgan fingerprint density at radius 2 is 1.74 bits per heavy atom. The topological polar surface area (TPSA) is 119 Å². The van der Waals surface area contributed by atoms with E-state index >= 15 is 0 Å². The molecule has 0 aliphatic carbocycles. The maximum Gasteiger partial charge on any atom is 0.265 e. The van der Waals surface area contributed by atoms with Gasteiger partial charge in [0.25, 0.3) is 5.91 Å². The number of aliphatic hydroxyl groups excluding tert-OH is 1. The minimum atomic E-state index is -3.88. The minimum Gasteiger partial charge on any atom is -0.493 e. The molecule has 1 amide bonds. The van der Waals surface area contributed by atoms with Crippen molar-refractivity contribution in [1.29, 1.82) is 0 Å². The molecule has 0 unspecified atom stereocenters. The molecule has 1 aliphatic rings. The van der Waals surface area contributed by atoms with Crippen LogP contribution in [0.2, 0.25) is 0 Å². The van der Waals surface area contributed by atoms with Crippen molar-refractivity contribution in [2.75, 3.05) is 6.61 Å². The second-order valence-electron chi connectivity index (χ2n) is 10.6. The number of ether oxygens (including phenoxy) is 1. The normalized spacial score (nSPS) is 17.2. The van der Waals surface area contributed by atoms with Crippen molar-refractivity contribution in [1.82, 2.24) is 9.71 Å². The summed E-state index contributed by atoms with van der Waals surface area (Å²) in [5.41, 5.74) is 3.69. The third-order valence-corrected chi connectivity index (χ3v) is 8.86. The number of oxazole rings is 1. The van der Waals surface area contributed by atoms with Gasteiger partial charge in [0, 0.05) is 29.0 Å². The van der Waals surface area contributed by atoms with Crippen LogP contribution in [0.25, 0.3) is 22.6 Å². The number of nitrogens with zero attached hydrogens (tertiary/aromatic N) is 1. The third-order valence-electron chi connectivity index (χ3n) is 6.79. The molecular weight excluding hydrogens is 516 g/mol.